The highest BCUT2D eigenvalue weighted by molar-refractivity contribution is 5.99. The fraction of sp³-hybridized carbons (Fsp3) is 0.462. The van der Waals surface area contributed by atoms with E-state index in [1.54, 1.807) is 0 Å². The zero-order chi connectivity index (χ0) is 12.6. The minimum absolute atomic E-state index is 0.0865. The maximum atomic E-state index is 13.2. The topological polar surface area (TPSA) is 55.1 Å². The molecule has 0 aromatic heterocycles. The second kappa shape index (κ2) is 4.02. The first-order chi connectivity index (χ1) is 7.92. The molecule has 0 spiro atoms. The van der Waals surface area contributed by atoms with Gasteiger partial charge < -0.3 is 11.1 Å². The zero-order valence-corrected chi connectivity index (χ0v) is 10.1. The van der Waals surface area contributed by atoms with E-state index in [1.165, 1.54) is 18.2 Å². The van der Waals surface area contributed by atoms with Gasteiger partial charge in [0.15, 0.2) is 0 Å². The summed E-state index contributed by atoms with van der Waals surface area (Å²) in [5.74, 6) is -0.345. The molecule has 4 heteroatoms. The third-order valence-electron chi connectivity index (χ3n) is 3.33. The number of para-hydroxylation sites is 1. The maximum absolute atomic E-state index is 13.2. The molecule has 0 aliphatic heterocycles. The second-order valence-corrected chi connectivity index (χ2v) is 5.15. The third-order valence-corrected chi connectivity index (χ3v) is 3.33. The molecule has 1 aliphatic carbocycles. The number of nitrogen functional groups attached to an aromatic ring is 1. The summed E-state index contributed by atoms with van der Waals surface area (Å²) in [5, 5.41) is 2.92. The Balaban J connectivity index is 2.17. The van der Waals surface area contributed by atoms with Crippen molar-refractivity contribution < 1.29 is 9.18 Å². The summed E-state index contributed by atoms with van der Waals surface area (Å²) in [4.78, 5) is 12.0. The van der Waals surface area contributed by atoms with Gasteiger partial charge in [0.05, 0.1) is 11.3 Å². The van der Waals surface area contributed by atoms with Gasteiger partial charge in [0.2, 0.25) is 0 Å². The minimum Gasteiger partial charge on any atom is -0.396 e. The average molecular weight is 236 g/mol. The van der Waals surface area contributed by atoms with Gasteiger partial charge in [0, 0.05) is 5.54 Å². The lowest BCUT2D eigenvalue weighted by Gasteiger charge is -2.26. The van der Waals surface area contributed by atoms with Crippen molar-refractivity contribution in [2.45, 2.75) is 32.2 Å². The molecule has 1 fully saturated rings. The SMILES string of the molecule is CC(C)(NC(=O)c1cccc(F)c1N)C1CC1. The van der Waals surface area contributed by atoms with E-state index in [2.05, 4.69) is 5.32 Å². The average Bonchev–Trinajstić information content (AvgIpc) is 3.04. The number of nitrogens with one attached hydrogen (secondary N) is 1. The maximum Gasteiger partial charge on any atom is 0.253 e. The quantitative estimate of drug-likeness (QED) is 0.791. The van der Waals surface area contributed by atoms with E-state index in [9.17, 15) is 9.18 Å². The van der Waals surface area contributed by atoms with E-state index in [0.717, 1.165) is 12.8 Å². The Bertz CT molecular complexity index is 453. The lowest BCUT2D eigenvalue weighted by atomic mass is 9.98. The van der Waals surface area contributed by atoms with E-state index in [1.807, 2.05) is 13.8 Å². The van der Waals surface area contributed by atoms with Crippen LogP contribution in [0.4, 0.5) is 10.1 Å². The molecule has 1 aromatic carbocycles. The smallest absolute Gasteiger partial charge is 0.253 e. The fourth-order valence-electron chi connectivity index (χ4n) is 2.00. The van der Waals surface area contributed by atoms with Gasteiger partial charge in [-0.15, -0.1) is 0 Å². The van der Waals surface area contributed by atoms with E-state index < -0.39 is 5.82 Å². The van der Waals surface area contributed by atoms with Gasteiger partial charge >= 0.3 is 0 Å². The first-order valence-corrected chi connectivity index (χ1v) is 5.78. The van der Waals surface area contributed by atoms with Crippen LogP contribution in [0.25, 0.3) is 0 Å². The van der Waals surface area contributed by atoms with E-state index in [-0.39, 0.29) is 22.7 Å². The second-order valence-electron chi connectivity index (χ2n) is 5.15. The van der Waals surface area contributed by atoms with E-state index in [0.29, 0.717) is 5.92 Å². The molecular formula is C13H17FN2O. The highest BCUT2D eigenvalue weighted by Crippen LogP contribution is 2.39. The van der Waals surface area contributed by atoms with Crippen molar-refractivity contribution in [1.82, 2.24) is 5.32 Å². The molecule has 0 radical (unpaired) electrons. The molecule has 17 heavy (non-hydrogen) atoms. The Morgan fingerprint density at radius 3 is 2.71 bits per heavy atom. The number of amides is 1. The first-order valence-electron chi connectivity index (χ1n) is 5.78. The fourth-order valence-corrected chi connectivity index (χ4v) is 2.00. The van der Waals surface area contributed by atoms with Crippen LogP contribution in [-0.2, 0) is 0 Å². The Morgan fingerprint density at radius 1 is 1.47 bits per heavy atom. The number of carbonyl (C=O) groups excluding carboxylic acids is 1. The van der Waals surface area contributed by atoms with E-state index in [4.69, 9.17) is 5.73 Å². The lowest BCUT2D eigenvalue weighted by molar-refractivity contribution is 0.0904. The summed E-state index contributed by atoms with van der Waals surface area (Å²) >= 11 is 0. The molecule has 1 saturated carbocycles. The standard InChI is InChI=1S/C13H17FN2O/c1-13(2,8-6-7-8)16-12(17)9-4-3-5-10(14)11(9)15/h3-5,8H,6-7,15H2,1-2H3,(H,16,17). The molecule has 0 bridgehead atoms. The normalized spacial score (nSPS) is 15.7. The number of benzene rings is 1. The van der Waals surface area contributed by atoms with E-state index >= 15 is 0 Å². The number of anilines is 1. The predicted octanol–water partition coefficient (Wildman–Crippen LogP) is 2.33. The van der Waals surface area contributed by atoms with Crippen LogP contribution in [0.1, 0.15) is 37.0 Å². The van der Waals surface area contributed by atoms with Crippen molar-refractivity contribution in [2.75, 3.05) is 5.73 Å². The van der Waals surface area contributed by atoms with Gasteiger partial charge in [-0.25, -0.2) is 4.39 Å². The van der Waals surface area contributed by atoms with Crippen molar-refractivity contribution in [3.05, 3.63) is 29.6 Å². The summed E-state index contributed by atoms with van der Waals surface area (Å²) in [6, 6.07) is 4.28. The van der Waals surface area contributed by atoms with Gasteiger partial charge in [-0.2, -0.15) is 0 Å². The number of rotatable bonds is 3. The molecule has 3 N–H and O–H groups in total. The Labute approximate surface area is 100 Å². The van der Waals surface area contributed by atoms with Crippen LogP contribution in [0, 0.1) is 11.7 Å². The Morgan fingerprint density at radius 2 is 2.12 bits per heavy atom. The van der Waals surface area contributed by atoms with Gasteiger partial charge in [-0.3, -0.25) is 4.79 Å². The number of halogens is 1. The molecule has 0 atom stereocenters. The molecule has 3 nitrogen and oxygen atoms in total. The monoisotopic (exact) mass is 236 g/mol. The number of nitrogens with two attached hydrogens (primary N) is 1. The summed E-state index contributed by atoms with van der Waals surface area (Å²) < 4.78 is 13.2. The zero-order valence-electron chi connectivity index (χ0n) is 10.1. The van der Waals surface area contributed by atoms with Crippen molar-refractivity contribution in [3.8, 4) is 0 Å². The van der Waals surface area contributed by atoms with Crippen molar-refractivity contribution in [1.29, 1.82) is 0 Å². The van der Waals surface area contributed by atoms with Gasteiger partial charge in [0.25, 0.3) is 5.91 Å². The third kappa shape index (κ3) is 2.40. The summed E-state index contributed by atoms with van der Waals surface area (Å²) in [6.45, 7) is 3.97. The first kappa shape index (κ1) is 11.9. The van der Waals surface area contributed by atoms with Crippen molar-refractivity contribution in [3.63, 3.8) is 0 Å². The molecule has 0 heterocycles. The number of carbonyl (C=O) groups is 1. The number of hydrogen-bond acceptors (Lipinski definition) is 2. The highest BCUT2D eigenvalue weighted by atomic mass is 19.1. The van der Waals surface area contributed by atoms with Crippen molar-refractivity contribution in [2.24, 2.45) is 5.92 Å². The van der Waals surface area contributed by atoms with Gasteiger partial charge in [0.1, 0.15) is 5.82 Å². The Hall–Kier alpha value is -1.58. The Kier molecular flexibility index (Phi) is 2.81. The summed E-state index contributed by atoms with van der Waals surface area (Å²) in [6.07, 6.45) is 2.26. The van der Waals surface area contributed by atoms with Gasteiger partial charge in [-0.1, -0.05) is 6.07 Å². The molecule has 1 amide bonds. The largest absolute Gasteiger partial charge is 0.396 e. The minimum atomic E-state index is -0.554. The molecule has 1 aromatic rings. The molecule has 2 rings (SSSR count). The molecule has 0 unspecified atom stereocenters. The summed E-state index contributed by atoms with van der Waals surface area (Å²) in [7, 11) is 0. The van der Waals surface area contributed by atoms with Crippen LogP contribution in [-0.4, -0.2) is 11.4 Å². The van der Waals surface area contributed by atoms with Crippen LogP contribution >= 0.6 is 0 Å². The molecule has 1 aliphatic rings. The van der Waals surface area contributed by atoms with Crippen molar-refractivity contribution >= 4 is 11.6 Å². The summed E-state index contributed by atoms with van der Waals surface area (Å²) in [5.41, 5.74) is 5.42. The van der Waals surface area contributed by atoms with Gasteiger partial charge in [-0.05, 0) is 44.7 Å². The van der Waals surface area contributed by atoms with Crippen LogP contribution in [0.15, 0.2) is 18.2 Å². The predicted molar refractivity (Wildman–Crippen MR) is 65.1 cm³/mol. The van der Waals surface area contributed by atoms with Crippen LogP contribution in [0.3, 0.4) is 0 Å². The molecule has 92 valence electrons. The van der Waals surface area contributed by atoms with Crippen LogP contribution in [0.2, 0.25) is 0 Å². The molecule has 0 saturated heterocycles. The lowest BCUT2D eigenvalue weighted by Crippen LogP contribution is -2.45. The number of hydrogen-bond donors (Lipinski definition) is 2. The van der Waals surface area contributed by atoms with Crippen LogP contribution in [0.5, 0.6) is 0 Å². The highest BCUT2D eigenvalue weighted by Gasteiger charge is 2.39. The molecular weight excluding hydrogens is 219 g/mol. The van der Waals surface area contributed by atoms with Crippen LogP contribution < -0.4 is 11.1 Å².